The highest BCUT2D eigenvalue weighted by Crippen LogP contribution is 2.35. The summed E-state index contributed by atoms with van der Waals surface area (Å²) in [5.74, 6) is 2.09. The van der Waals surface area contributed by atoms with E-state index in [1.165, 1.54) is 18.7 Å². The smallest absolute Gasteiger partial charge is 0.271 e. The lowest BCUT2D eigenvalue weighted by Gasteiger charge is -2.23. The van der Waals surface area contributed by atoms with Gasteiger partial charge in [0.25, 0.3) is 11.6 Å². The molecule has 2 aromatic carbocycles. The second-order valence-electron chi connectivity index (χ2n) is 7.07. The molecule has 0 bridgehead atoms. The fraction of sp³-hybridized carbons (Fsp3) is 0.409. The van der Waals surface area contributed by atoms with Crippen LogP contribution in [0.1, 0.15) is 38.2 Å². The van der Waals surface area contributed by atoms with E-state index < -0.39 is 5.72 Å². The summed E-state index contributed by atoms with van der Waals surface area (Å²) >= 11 is 0. The minimum atomic E-state index is -1.000. The number of rotatable bonds is 4. The van der Waals surface area contributed by atoms with E-state index in [0.717, 1.165) is 36.4 Å². The number of hydrogen-bond acceptors (Lipinski definition) is 3. The van der Waals surface area contributed by atoms with Crippen molar-refractivity contribution < 1.29 is 14.4 Å². The van der Waals surface area contributed by atoms with Gasteiger partial charge in [0, 0.05) is 12.0 Å². The van der Waals surface area contributed by atoms with Gasteiger partial charge in [-0.3, -0.25) is 0 Å². The van der Waals surface area contributed by atoms with Crippen molar-refractivity contribution in [3.8, 4) is 5.75 Å². The molecular formula is C22H27N2O2+. The summed E-state index contributed by atoms with van der Waals surface area (Å²) in [4.78, 5) is 2.29. The molecule has 0 saturated heterocycles. The normalized spacial score (nSPS) is 22.9. The maximum absolute atomic E-state index is 11.8. The van der Waals surface area contributed by atoms with Crippen LogP contribution in [0.4, 0.5) is 5.69 Å². The van der Waals surface area contributed by atoms with Crippen LogP contribution in [0.3, 0.4) is 0 Å². The molecule has 0 saturated carbocycles. The van der Waals surface area contributed by atoms with Crippen LogP contribution >= 0.6 is 0 Å². The predicted octanol–water partition coefficient (Wildman–Crippen LogP) is 3.74. The maximum atomic E-state index is 11.8. The van der Waals surface area contributed by atoms with Crippen LogP contribution < -0.4 is 9.64 Å². The van der Waals surface area contributed by atoms with Gasteiger partial charge in [0.05, 0.1) is 13.2 Å². The molecule has 2 aliphatic heterocycles. The number of amidine groups is 1. The summed E-state index contributed by atoms with van der Waals surface area (Å²) in [5, 5.41) is 11.8. The van der Waals surface area contributed by atoms with Crippen LogP contribution in [0, 0.1) is 0 Å². The Balaban J connectivity index is 1.74. The predicted molar refractivity (Wildman–Crippen MR) is 104 cm³/mol. The molecule has 2 aliphatic rings. The second-order valence-corrected chi connectivity index (χ2v) is 7.07. The Morgan fingerprint density at radius 2 is 1.81 bits per heavy atom. The van der Waals surface area contributed by atoms with E-state index in [1.807, 2.05) is 37.3 Å². The Hall–Kier alpha value is -2.33. The van der Waals surface area contributed by atoms with Gasteiger partial charge in [-0.15, -0.1) is 0 Å². The van der Waals surface area contributed by atoms with E-state index in [4.69, 9.17) is 4.74 Å². The third-order valence-electron chi connectivity index (χ3n) is 5.43. The largest absolute Gasteiger partial charge is 0.494 e. The first-order chi connectivity index (χ1) is 12.7. The molecule has 4 heteroatoms. The molecule has 0 unspecified atom stereocenters. The zero-order chi connectivity index (χ0) is 18.0. The SMILES string of the molecule is CCOc1ccc([C@@]2(O)CN(c3ccccc3)C3=[N+]2CCCCC3)cc1. The van der Waals surface area contributed by atoms with Crippen LogP contribution in [0.15, 0.2) is 54.6 Å². The molecule has 4 nitrogen and oxygen atoms in total. The highest BCUT2D eigenvalue weighted by atomic mass is 16.5. The van der Waals surface area contributed by atoms with Crippen molar-refractivity contribution in [2.45, 2.75) is 38.3 Å². The van der Waals surface area contributed by atoms with E-state index in [0.29, 0.717) is 13.2 Å². The van der Waals surface area contributed by atoms with Gasteiger partial charge in [0.1, 0.15) is 11.4 Å². The molecule has 0 aliphatic carbocycles. The number of anilines is 1. The number of aliphatic hydroxyl groups is 1. The lowest BCUT2D eigenvalue weighted by atomic mass is 10.0. The molecule has 2 aromatic rings. The van der Waals surface area contributed by atoms with E-state index in [1.54, 1.807) is 0 Å². The minimum Gasteiger partial charge on any atom is -0.494 e. The Labute approximate surface area is 155 Å². The molecule has 136 valence electrons. The molecule has 0 radical (unpaired) electrons. The summed E-state index contributed by atoms with van der Waals surface area (Å²) < 4.78 is 7.79. The Bertz CT molecular complexity index is 786. The van der Waals surface area contributed by atoms with Crippen molar-refractivity contribution in [2.75, 3.05) is 24.6 Å². The molecule has 0 fully saturated rings. The molecule has 0 aromatic heterocycles. The van der Waals surface area contributed by atoms with Crippen LogP contribution in [0.25, 0.3) is 0 Å². The van der Waals surface area contributed by atoms with E-state index in [-0.39, 0.29) is 0 Å². The molecule has 26 heavy (non-hydrogen) atoms. The maximum Gasteiger partial charge on any atom is 0.271 e. The highest BCUT2D eigenvalue weighted by molar-refractivity contribution is 5.95. The zero-order valence-electron chi connectivity index (χ0n) is 15.4. The number of benzene rings is 2. The van der Waals surface area contributed by atoms with E-state index >= 15 is 0 Å². The van der Waals surface area contributed by atoms with Crippen molar-refractivity contribution in [1.82, 2.24) is 0 Å². The molecular weight excluding hydrogens is 324 g/mol. The van der Waals surface area contributed by atoms with Gasteiger partial charge in [-0.25, -0.2) is 9.48 Å². The topological polar surface area (TPSA) is 35.7 Å². The Kier molecular flexibility index (Phi) is 4.68. The summed E-state index contributed by atoms with van der Waals surface area (Å²) in [6.45, 7) is 4.08. The van der Waals surface area contributed by atoms with Crippen LogP contribution in [-0.4, -0.2) is 35.2 Å². The van der Waals surface area contributed by atoms with Crippen LogP contribution in [0.5, 0.6) is 5.75 Å². The third kappa shape index (κ3) is 2.99. The number of para-hydroxylation sites is 1. The second kappa shape index (κ2) is 7.12. The number of β-amino-alcohol motifs (C(OH)–C–C–N with tert-alkyl or cyclic N) is 1. The molecule has 1 atom stereocenters. The van der Waals surface area contributed by atoms with Gasteiger partial charge in [-0.2, -0.15) is 0 Å². The van der Waals surface area contributed by atoms with Gasteiger partial charge >= 0.3 is 0 Å². The molecule has 0 spiro atoms. The van der Waals surface area contributed by atoms with Crippen molar-refractivity contribution in [3.05, 3.63) is 60.2 Å². The molecule has 2 heterocycles. The average molecular weight is 351 g/mol. The van der Waals surface area contributed by atoms with Crippen LogP contribution in [0.2, 0.25) is 0 Å². The summed E-state index contributed by atoms with van der Waals surface area (Å²) in [6, 6.07) is 18.3. The number of nitrogens with zero attached hydrogens (tertiary/aromatic N) is 2. The Morgan fingerprint density at radius 3 is 2.54 bits per heavy atom. The first kappa shape index (κ1) is 17.1. The zero-order valence-corrected chi connectivity index (χ0v) is 15.4. The first-order valence-corrected chi connectivity index (χ1v) is 9.64. The van der Waals surface area contributed by atoms with Crippen molar-refractivity contribution >= 4 is 11.5 Å². The van der Waals surface area contributed by atoms with Gasteiger partial charge in [-0.05, 0) is 62.6 Å². The monoisotopic (exact) mass is 351 g/mol. The fourth-order valence-corrected chi connectivity index (χ4v) is 4.15. The first-order valence-electron chi connectivity index (χ1n) is 9.64. The van der Waals surface area contributed by atoms with Crippen molar-refractivity contribution in [3.63, 3.8) is 0 Å². The minimum absolute atomic E-state index is 0.556. The quantitative estimate of drug-likeness (QED) is 0.853. The van der Waals surface area contributed by atoms with Crippen LogP contribution in [-0.2, 0) is 5.72 Å². The lowest BCUT2D eigenvalue weighted by Crippen LogP contribution is -2.41. The Morgan fingerprint density at radius 1 is 1.04 bits per heavy atom. The lowest BCUT2D eigenvalue weighted by molar-refractivity contribution is -0.658. The fourth-order valence-electron chi connectivity index (χ4n) is 4.15. The van der Waals surface area contributed by atoms with E-state index in [2.05, 4.69) is 33.7 Å². The molecule has 0 amide bonds. The number of ether oxygens (including phenoxy) is 1. The highest BCUT2D eigenvalue weighted by Gasteiger charge is 2.51. The van der Waals surface area contributed by atoms with Gasteiger partial charge in [0.15, 0.2) is 6.54 Å². The molecule has 4 rings (SSSR count). The standard InChI is InChI=1S/C22H27N2O2/c1-2-26-20-14-12-18(13-15-20)22(25)17-23(19-9-5-3-6-10-19)21-11-7-4-8-16-24(21)22/h3,5-6,9-10,12-15,25H,2,4,7-8,11,16-17H2,1H3/q+1/t22-/m0/s1. The summed E-state index contributed by atoms with van der Waals surface area (Å²) in [6.07, 6.45) is 4.51. The summed E-state index contributed by atoms with van der Waals surface area (Å²) in [7, 11) is 0. The van der Waals surface area contributed by atoms with Gasteiger partial charge in [-0.1, -0.05) is 18.2 Å². The van der Waals surface area contributed by atoms with E-state index in [9.17, 15) is 5.11 Å². The average Bonchev–Trinajstić information content (AvgIpc) is 2.83. The van der Waals surface area contributed by atoms with Crippen molar-refractivity contribution in [1.29, 1.82) is 0 Å². The summed E-state index contributed by atoms with van der Waals surface area (Å²) in [5.41, 5.74) is 1.08. The van der Waals surface area contributed by atoms with Gasteiger partial charge < -0.3 is 9.84 Å². The van der Waals surface area contributed by atoms with Gasteiger partial charge in [0.2, 0.25) is 0 Å². The number of hydrogen-bond donors (Lipinski definition) is 1. The molecule has 1 N–H and O–H groups in total. The van der Waals surface area contributed by atoms with Crippen molar-refractivity contribution in [2.24, 2.45) is 0 Å². The third-order valence-corrected chi connectivity index (χ3v) is 5.43.